The minimum absolute atomic E-state index is 0.294. The van der Waals surface area contributed by atoms with Crippen LogP contribution in [0.25, 0.3) is 0 Å². The van der Waals surface area contributed by atoms with Crippen molar-refractivity contribution in [3.05, 3.63) is 48.0 Å². The molecule has 2 nitrogen and oxygen atoms in total. The Hall–Kier alpha value is -1.12. The number of rotatable bonds is 6. The molecule has 16 heavy (non-hydrogen) atoms. The lowest BCUT2D eigenvalue weighted by Gasteiger charge is -2.30. The van der Waals surface area contributed by atoms with Crippen molar-refractivity contribution in [2.24, 2.45) is 5.73 Å². The highest BCUT2D eigenvalue weighted by Crippen LogP contribution is 2.19. The van der Waals surface area contributed by atoms with Crippen LogP contribution in [0, 0.1) is 0 Å². The molecule has 0 aliphatic heterocycles. The lowest BCUT2D eigenvalue weighted by Crippen LogP contribution is -2.34. The van der Waals surface area contributed by atoms with Crippen LogP contribution in [-0.2, 0) is 0 Å². The largest absolute Gasteiger partial charge is 0.329 e. The van der Waals surface area contributed by atoms with Crippen molar-refractivity contribution < 1.29 is 0 Å². The molecular weight excluding hydrogens is 196 g/mol. The SMILES string of the molecule is C=C(C)CN(CC)C(CN)c1ccccc1. The van der Waals surface area contributed by atoms with Crippen LogP contribution in [0.2, 0.25) is 0 Å². The van der Waals surface area contributed by atoms with Crippen molar-refractivity contribution in [3.63, 3.8) is 0 Å². The molecule has 2 N–H and O–H groups in total. The van der Waals surface area contributed by atoms with E-state index < -0.39 is 0 Å². The molecule has 2 heteroatoms. The fourth-order valence-electron chi connectivity index (χ4n) is 1.96. The minimum atomic E-state index is 0.294. The number of nitrogens with zero attached hydrogens (tertiary/aromatic N) is 1. The summed E-state index contributed by atoms with van der Waals surface area (Å²) in [6, 6.07) is 10.7. The summed E-state index contributed by atoms with van der Waals surface area (Å²) in [5.74, 6) is 0. The standard InChI is InChI=1S/C14H22N2/c1-4-16(11-12(2)3)14(10-15)13-8-6-5-7-9-13/h5-9,14H,2,4,10-11,15H2,1,3H3. The summed E-state index contributed by atoms with van der Waals surface area (Å²) < 4.78 is 0. The van der Waals surface area contributed by atoms with Gasteiger partial charge in [-0.2, -0.15) is 0 Å². The third-order valence-electron chi connectivity index (χ3n) is 2.73. The molecule has 0 saturated heterocycles. The monoisotopic (exact) mass is 218 g/mol. The molecular formula is C14H22N2. The predicted octanol–water partition coefficient (Wildman–Crippen LogP) is 2.58. The number of hydrogen-bond acceptors (Lipinski definition) is 2. The molecule has 0 radical (unpaired) electrons. The van der Waals surface area contributed by atoms with E-state index in [9.17, 15) is 0 Å². The van der Waals surface area contributed by atoms with Gasteiger partial charge in [0.1, 0.15) is 0 Å². The highest BCUT2D eigenvalue weighted by atomic mass is 15.2. The van der Waals surface area contributed by atoms with Crippen LogP contribution in [0.5, 0.6) is 0 Å². The molecule has 1 aromatic rings. The molecule has 0 fully saturated rings. The summed E-state index contributed by atoms with van der Waals surface area (Å²) in [7, 11) is 0. The van der Waals surface area contributed by atoms with Crippen molar-refractivity contribution in [1.29, 1.82) is 0 Å². The van der Waals surface area contributed by atoms with Gasteiger partial charge >= 0.3 is 0 Å². The van der Waals surface area contributed by atoms with Crippen LogP contribution < -0.4 is 5.73 Å². The van der Waals surface area contributed by atoms with E-state index >= 15 is 0 Å². The molecule has 0 amide bonds. The third-order valence-corrected chi connectivity index (χ3v) is 2.73. The van der Waals surface area contributed by atoms with E-state index in [4.69, 9.17) is 5.73 Å². The van der Waals surface area contributed by atoms with Gasteiger partial charge in [-0.3, -0.25) is 4.90 Å². The Kier molecular flexibility index (Phi) is 5.23. The van der Waals surface area contributed by atoms with Gasteiger partial charge in [-0.25, -0.2) is 0 Å². The summed E-state index contributed by atoms with van der Waals surface area (Å²) in [5.41, 5.74) is 8.35. The van der Waals surface area contributed by atoms with Crippen LogP contribution in [0.3, 0.4) is 0 Å². The van der Waals surface area contributed by atoms with Gasteiger partial charge in [-0.05, 0) is 19.0 Å². The summed E-state index contributed by atoms with van der Waals surface area (Å²) in [6.45, 7) is 10.7. The molecule has 0 spiro atoms. The van der Waals surface area contributed by atoms with Gasteiger partial charge in [0.05, 0.1) is 0 Å². The molecule has 0 aliphatic carbocycles. The summed E-state index contributed by atoms with van der Waals surface area (Å²) in [4.78, 5) is 2.36. The van der Waals surface area contributed by atoms with Gasteiger partial charge in [0.15, 0.2) is 0 Å². The Morgan fingerprint density at radius 3 is 2.44 bits per heavy atom. The third kappa shape index (κ3) is 3.47. The zero-order chi connectivity index (χ0) is 12.0. The van der Waals surface area contributed by atoms with Gasteiger partial charge < -0.3 is 5.73 Å². The van der Waals surface area contributed by atoms with Gasteiger partial charge in [0, 0.05) is 19.1 Å². The Balaban J connectivity index is 2.83. The second-order valence-electron chi connectivity index (χ2n) is 4.18. The molecule has 88 valence electrons. The van der Waals surface area contributed by atoms with Crippen molar-refractivity contribution >= 4 is 0 Å². The molecule has 1 unspecified atom stereocenters. The maximum atomic E-state index is 5.89. The van der Waals surface area contributed by atoms with Gasteiger partial charge in [0.25, 0.3) is 0 Å². The smallest absolute Gasteiger partial charge is 0.0473 e. The molecule has 1 aromatic carbocycles. The van der Waals surface area contributed by atoms with Crippen molar-refractivity contribution in [3.8, 4) is 0 Å². The first-order valence-corrected chi connectivity index (χ1v) is 5.82. The zero-order valence-electron chi connectivity index (χ0n) is 10.3. The highest BCUT2D eigenvalue weighted by molar-refractivity contribution is 5.19. The Morgan fingerprint density at radius 1 is 1.38 bits per heavy atom. The van der Waals surface area contributed by atoms with E-state index in [1.807, 2.05) is 6.07 Å². The summed E-state index contributed by atoms with van der Waals surface area (Å²) in [5, 5.41) is 0. The van der Waals surface area contributed by atoms with Crippen LogP contribution in [0.15, 0.2) is 42.5 Å². The highest BCUT2D eigenvalue weighted by Gasteiger charge is 2.16. The first-order chi connectivity index (χ1) is 7.69. The first-order valence-electron chi connectivity index (χ1n) is 5.82. The number of benzene rings is 1. The Bertz CT molecular complexity index is 319. The number of nitrogens with two attached hydrogens (primary N) is 1. The molecule has 0 bridgehead atoms. The van der Waals surface area contributed by atoms with Crippen molar-refractivity contribution in [2.45, 2.75) is 19.9 Å². The Labute approximate surface area is 98.8 Å². The van der Waals surface area contributed by atoms with Gasteiger partial charge in [-0.1, -0.05) is 49.4 Å². The van der Waals surface area contributed by atoms with Crippen LogP contribution >= 0.6 is 0 Å². The maximum Gasteiger partial charge on any atom is 0.0473 e. The van der Waals surface area contributed by atoms with Gasteiger partial charge in [0.2, 0.25) is 0 Å². The van der Waals surface area contributed by atoms with Crippen LogP contribution in [0.4, 0.5) is 0 Å². The van der Waals surface area contributed by atoms with E-state index in [-0.39, 0.29) is 0 Å². The summed E-state index contributed by atoms with van der Waals surface area (Å²) >= 11 is 0. The van der Waals surface area contributed by atoms with E-state index in [2.05, 4.69) is 49.6 Å². The maximum absolute atomic E-state index is 5.89. The molecule has 0 heterocycles. The fourth-order valence-corrected chi connectivity index (χ4v) is 1.96. The topological polar surface area (TPSA) is 29.3 Å². The lowest BCUT2D eigenvalue weighted by atomic mass is 10.0. The van der Waals surface area contributed by atoms with Crippen LogP contribution in [-0.4, -0.2) is 24.5 Å². The molecule has 0 aliphatic rings. The summed E-state index contributed by atoms with van der Waals surface area (Å²) in [6.07, 6.45) is 0. The Morgan fingerprint density at radius 2 is 2.00 bits per heavy atom. The first kappa shape index (κ1) is 12.9. The zero-order valence-corrected chi connectivity index (χ0v) is 10.3. The number of hydrogen-bond donors (Lipinski definition) is 1. The average Bonchev–Trinajstić information content (AvgIpc) is 2.29. The van der Waals surface area contributed by atoms with Gasteiger partial charge in [-0.15, -0.1) is 0 Å². The van der Waals surface area contributed by atoms with Crippen LogP contribution in [0.1, 0.15) is 25.5 Å². The second kappa shape index (κ2) is 6.46. The fraction of sp³-hybridized carbons (Fsp3) is 0.429. The molecule has 1 rings (SSSR count). The normalized spacial score (nSPS) is 12.8. The van der Waals surface area contributed by atoms with E-state index in [0.29, 0.717) is 12.6 Å². The minimum Gasteiger partial charge on any atom is -0.329 e. The average molecular weight is 218 g/mol. The van der Waals surface area contributed by atoms with E-state index in [1.165, 1.54) is 11.1 Å². The quantitative estimate of drug-likeness (QED) is 0.744. The van der Waals surface area contributed by atoms with E-state index in [1.54, 1.807) is 0 Å². The molecule has 0 saturated carbocycles. The number of likely N-dealkylation sites (N-methyl/N-ethyl adjacent to an activating group) is 1. The van der Waals surface area contributed by atoms with Crippen molar-refractivity contribution in [1.82, 2.24) is 4.90 Å². The lowest BCUT2D eigenvalue weighted by molar-refractivity contribution is 0.231. The molecule has 1 atom stereocenters. The predicted molar refractivity (Wildman–Crippen MR) is 70.3 cm³/mol. The second-order valence-corrected chi connectivity index (χ2v) is 4.18. The molecule has 0 aromatic heterocycles. The van der Waals surface area contributed by atoms with Crippen molar-refractivity contribution in [2.75, 3.05) is 19.6 Å². The van der Waals surface area contributed by atoms with E-state index in [0.717, 1.165) is 13.1 Å².